The molecule has 0 aromatic rings. The largest absolute Gasteiger partial charge is 0.393 e. The van der Waals surface area contributed by atoms with Crippen LogP contribution in [0.15, 0.2) is 23.3 Å². The van der Waals surface area contributed by atoms with Gasteiger partial charge in [-0.05, 0) is 101 Å². The van der Waals surface area contributed by atoms with Gasteiger partial charge in [-0.25, -0.2) is 0 Å². The van der Waals surface area contributed by atoms with Crippen molar-refractivity contribution in [2.24, 2.45) is 50.7 Å². The molecule has 2 nitrogen and oxygen atoms in total. The van der Waals surface area contributed by atoms with Crippen molar-refractivity contribution >= 4 is 0 Å². The Morgan fingerprint density at radius 1 is 0.844 bits per heavy atom. The summed E-state index contributed by atoms with van der Waals surface area (Å²) in [6, 6.07) is 0. The second-order valence-electron chi connectivity index (χ2n) is 14.3. The maximum Gasteiger partial charge on any atom is 0.0608 e. The van der Waals surface area contributed by atoms with Gasteiger partial charge in [-0.1, -0.05) is 67.5 Å². The molecule has 0 bridgehead atoms. The number of rotatable bonds is 1. The van der Waals surface area contributed by atoms with E-state index in [0.29, 0.717) is 23.7 Å². The number of aliphatic hydroxyl groups is 2. The smallest absolute Gasteiger partial charge is 0.0608 e. The van der Waals surface area contributed by atoms with Gasteiger partial charge >= 0.3 is 0 Å². The Bertz CT molecular complexity index is 866. The zero-order valence-electron chi connectivity index (χ0n) is 22.0. The lowest BCUT2D eigenvalue weighted by Gasteiger charge is -2.67. The summed E-state index contributed by atoms with van der Waals surface area (Å²) in [6.45, 7) is 19.3. The second kappa shape index (κ2) is 6.75. The zero-order chi connectivity index (χ0) is 23.5. The van der Waals surface area contributed by atoms with Gasteiger partial charge in [0.05, 0.1) is 12.2 Å². The molecule has 5 aliphatic rings. The van der Waals surface area contributed by atoms with Crippen LogP contribution in [0, 0.1) is 50.7 Å². The van der Waals surface area contributed by atoms with Gasteiger partial charge in [0.25, 0.3) is 0 Å². The summed E-state index contributed by atoms with van der Waals surface area (Å²) < 4.78 is 0. The number of hydrogen-bond donors (Lipinski definition) is 2. The predicted molar refractivity (Wildman–Crippen MR) is 132 cm³/mol. The van der Waals surface area contributed by atoms with Crippen molar-refractivity contribution in [3.63, 3.8) is 0 Å². The molecule has 32 heavy (non-hydrogen) atoms. The Kier molecular flexibility index (Phi) is 4.88. The average Bonchev–Trinajstić information content (AvgIpc) is 3.07. The van der Waals surface area contributed by atoms with Crippen molar-refractivity contribution in [3.8, 4) is 0 Å². The van der Waals surface area contributed by atoms with E-state index in [-0.39, 0.29) is 39.3 Å². The first kappa shape index (κ1) is 23.2. The first-order chi connectivity index (χ1) is 14.7. The van der Waals surface area contributed by atoms with Crippen LogP contribution in [0.2, 0.25) is 0 Å². The normalized spacial score (nSPS) is 54.2. The molecule has 0 aromatic carbocycles. The molecule has 5 aliphatic carbocycles. The molecule has 0 saturated heterocycles. The van der Waals surface area contributed by atoms with Gasteiger partial charge in [-0.15, -0.1) is 0 Å². The van der Waals surface area contributed by atoms with E-state index in [1.807, 2.05) is 0 Å². The molecule has 180 valence electrons. The molecular weight excluding hydrogens is 392 g/mol. The fourth-order valence-electron chi connectivity index (χ4n) is 10.5. The van der Waals surface area contributed by atoms with Gasteiger partial charge < -0.3 is 10.2 Å². The minimum atomic E-state index is -0.226. The van der Waals surface area contributed by atoms with Crippen LogP contribution in [-0.2, 0) is 0 Å². The number of hydrogen-bond acceptors (Lipinski definition) is 2. The van der Waals surface area contributed by atoms with Gasteiger partial charge in [0, 0.05) is 5.41 Å². The van der Waals surface area contributed by atoms with E-state index >= 15 is 0 Å². The summed E-state index contributed by atoms with van der Waals surface area (Å²) >= 11 is 0. The van der Waals surface area contributed by atoms with Crippen molar-refractivity contribution in [1.82, 2.24) is 0 Å². The summed E-state index contributed by atoms with van der Waals surface area (Å²) in [6.07, 6.45) is 12.4. The fourth-order valence-corrected chi connectivity index (χ4v) is 10.5. The number of aliphatic hydroxyl groups excluding tert-OH is 2. The summed E-state index contributed by atoms with van der Waals surface area (Å²) in [5.41, 5.74) is 3.48. The zero-order valence-corrected chi connectivity index (χ0v) is 22.0. The van der Waals surface area contributed by atoms with Crippen molar-refractivity contribution in [2.75, 3.05) is 0 Å². The Hall–Kier alpha value is -0.600. The first-order valence-corrected chi connectivity index (χ1v) is 13.5. The molecule has 2 N–H and O–H groups in total. The molecule has 0 aliphatic heterocycles. The summed E-state index contributed by atoms with van der Waals surface area (Å²) in [4.78, 5) is 0. The van der Waals surface area contributed by atoms with Crippen LogP contribution in [-0.4, -0.2) is 22.4 Å². The monoisotopic (exact) mass is 440 g/mol. The molecule has 0 unspecified atom stereocenters. The van der Waals surface area contributed by atoms with E-state index in [9.17, 15) is 10.2 Å². The van der Waals surface area contributed by atoms with Crippen LogP contribution < -0.4 is 0 Å². The summed E-state index contributed by atoms with van der Waals surface area (Å²) in [7, 11) is 0. The third-order valence-corrected chi connectivity index (χ3v) is 12.7. The van der Waals surface area contributed by atoms with Crippen molar-refractivity contribution in [2.45, 2.75) is 113 Å². The van der Waals surface area contributed by atoms with Gasteiger partial charge in [-0.3, -0.25) is 0 Å². The highest BCUT2D eigenvalue weighted by Gasteiger charge is 2.69. The van der Waals surface area contributed by atoms with E-state index in [1.165, 1.54) is 12.8 Å². The van der Waals surface area contributed by atoms with Crippen molar-refractivity contribution in [3.05, 3.63) is 23.3 Å². The number of fused-ring (bicyclic) bond motifs is 7. The molecule has 0 spiro atoms. The Morgan fingerprint density at radius 3 is 2.19 bits per heavy atom. The highest BCUT2D eigenvalue weighted by molar-refractivity contribution is 5.50. The molecule has 0 radical (unpaired) electrons. The van der Waals surface area contributed by atoms with Gasteiger partial charge in [0.1, 0.15) is 0 Å². The lowest BCUT2D eigenvalue weighted by Crippen LogP contribution is -2.63. The first-order valence-electron chi connectivity index (χ1n) is 13.5. The number of allylic oxidation sites excluding steroid dienone is 4. The van der Waals surface area contributed by atoms with Crippen LogP contribution >= 0.6 is 0 Å². The van der Waals surface area contributed by atoms with Crippen LogP contribution in [0.5, 0.6) is 0 Å². The Morgan fingerprint density at radius 2 is 1.53 bits per heavy atom. The van der Waals surface area contributed by atoms with E-state index in [1.54, 1.807) is 11.1 Å². The molecule has 3 fully saturated rings. The topological polar surface area (TPSA) is 40.5 Å². The molecule has 0 heterocycles. The molecule has 0 aromatic heterocycles. The lowest BCUT2D eigenvalue weighted by molar-refractivity contribution is -0.171. The van der Waals surface area contributed by atoms with Gasteiger partial charge in [-0.2, -0.15) is 0 Å². The predicted octanol–water partition coefficient (Wildman–Crippen LogP) is 6.92. The van der Waals surface area contributed by atoms with E-state index in [2.05, 4.69) is 67.5 Å². The van der Waals surface area contributed by atoms with Gasteiger partial charge in [0.2, 0.25) is 0 Å². The molecule has 2 heteroatoms. The maximum atomic E-state index is 11.8. The van der Waals surface area contributed by atoms with E-state index in [4.69, 9.17) is 0 Å². The van der Waals surface area contributed by atoms with Crippen LogP contribution in [0.1, 0.15) is 100 Å². The maximum absolute atomic E-state index is 11.8. The fraction of sp³-hybridized carbons (Fsp3) is 0.867. The molecule has 9 atom stereocenters. The third-order valence-electron chi connectivity index (χ3n) is 12.7. The van der Waals surface area contributed by atoms with Crippen LogP contribution in [0.4, 0.5) is 0 Å². The van der Waals surface area contributed by atoms with Crippen LogP contribution in [0.3, 0.4) is 0 Å². The highest BCUT2D eigenvalue weighted by Crippen LogP contribution is 2.75. The quantitative estimate of drug-likeness (QED) is 0.465. The van der Waals surface area contributed by atoms with Crippen molar-refractivity contribution < 1.29 is 10.2 Å². The SMILES string of the molecule is CC(C)[C@H]1CC[C@@H]2[C@]1(C)[C@H](O)C[C@]1(C)C3=CC[C@H]4C(C)(C)[C@H](O)CC[C@]4(C)C3=CC[C@@]21C. The van der Waals surface area contributed by atoms with Gasteiger partial charge in [0.15, 0.2) is 0 Å². The standard InChI is InChI=1S/C30H48O2/c1-18(2)19-9-12-23-28(6)16-13-20-21(29(28,7)17-25(32)30(19,23)8)10-11-22-26(3,4)24(31)14-15-27(20,22)5/h10,13,18-19,22-25,31-32H,9,11-12,14-17H2,1-8H3/t19-,22+,23+,24-,25-,27-,28+,29-,30-/m1/s1. The van der Waals surface area contributed by atoms with Crippen molar-refractivity contribution in [1.29, 1.82) is 0 Å². The highest BCUT2D eigenvalue weighted by atomic mass is 16.3. The minimum absolute atomic E-state index is 0.0285. The summed E-state index contributed by atoms with van der Waals surface area (Å²) in [5, 5.41) is 22.6. The third kappa shape index (κ3) is 2.50. The molecule has 3 saturated carbocycles. The molecule has 5 rings (SSSR count). The molecular formula is C30H48O2. The summed E-state index contributed by atoms with van der Waals surface area (Å²) in [5.74, 6) is 2.31. The minimum Gasteiger partial charge on any atom is -0.393 e. The lowest BCUT2D eigenvalue weighted by atomic mass is 9.37. The average molecular weight is 441 g/mol. The Labute approximate surface area is 197 Å². The molecule has 0 amide bonds. The van der Waals surface area contributed by atoms with Crippen LogP contribution in [0.25, 0.3) is 0 Å². The second-order valence-corrected chi connectivity index (χ2v) is 14.3. The van der Waals surface area contributed by atoms with E-state index < -0.39 is 0 Å². The van der Waals surface area contributed by atoms with E-state index in [0.717, 1.165) is 32.1 Å². The Balaban J connectivity index is 1.61.